The van der Waals surface area contributed by atoms with Crippen LogP contribution in [-0.4, -0.2) is 156 Å². The third-order valence-electron chi connectivity index (χ3n) is 16.4. The zero-order chi connectivity index (χ0) is 59.8. The quantitative estimate of drug-likeness (QED) is 0.0364. The predicted octanol–water partition coefficient (Wildman–Crippen LogP) is 8.60. The van der Waals surface area contributed by atoms with Gasteiger partial charge in [-0.25, -0.2) is 0 Å². The van der Waals surface area contributed by atoms with Gasteiger partial charge < -0.3 is 44.8 Å². The Morgan fingerprint density at radius 2 is 1.38 bits per heavy atom. The van der Waals surface area contributed by atoms with Crippen LogP contribution in [0.3, 0.4) is 0 Å². The molecule has 1 unspecified atom stereocenters. The first-order valence-electron chi connectivity index (χ1n) is 29.3. The number of allylic oxidation sites excluding steroid dienone is 7. The molecule has 17 nitrogen and oxygen atoms in total. The van der Waals surface area contributed by atoms with Crippen LogP contribution in [0, 0.1) is 0 Å². The first-order chi connectivity index (χ1) is 40.5. The van der Waals surface area contributed by atoms with Gasteiger partial charge in [-0.15, -0.1) is 0 Å². The summed E-state index contributed by atoms with van der Waals surface area (Å²) >= 11 is 5.83. The average Bonchev–Trinajstić information content (AvgIpc) is 2.38. The fourth-order valence-corrected chi connectivity index (χ4v) is 12.3. The molecule has 18 heteroatoms. The molecule has 3 N–H and O–H groups in total. The third-order valence-corrected chi connectivity index (χ3v) is 16.6. The van der Waals surface area contributed by atoms with E-state index in [-0.39, 0.29) is 63.1 Å². The SMILES string of the molecule is CCCN1/C(=C/C=C2\CCCC(/C=C/C3=[N+](CCC)c4ccccc4C3(C)C)=C2Oc2ccc(NC(=S)Nc3ccc(CC4CN(CC(=O)O)CCN(CC(=O)[O-])CCN(COC=O)CCN4COC=O)cc3)cc2)C(C)(C)c2ccccc21. The summed E-state index contributed by atoms with van der Waals surface area (Å²) < 4.78 is 19.9. The van der Waals surface area contributed by atoms with Crippen LogP contribution in [0.25, 0.3) is 0 Å². The summed E-state index contributed by atoms with van der Waals surface area (Å²) in [6.45, 7) is 17.8. The van der Waals surface area contributed by atoms with Crippen LogP contribution in [0.5, 0.6) is 5.75 Å². The molecule has 1 atom stereocenters. The minimum absolute atomic E-state index is 0.0252. The number of carbonyl (C=O) groups is 4. The number of rotatable bonds is 23. The molecule has 3 heterocycles. The lowest BCUT2D eigenvalue weighted by molar-refractivity contribution is -0.437. The molecule has 0 spiro atoms. The monoisotopic (exact) mass is 1160 g/mol. The third kappa shape index (κ3) is 15.8. The van der Waals surface area contributed by atoms with E-state index in [2.05, 4.69) is 134 Å². The standard InChI is InChI=1S/C66H82N8O9S/c1-7-32-73-57-18-11-9-16-55(57)65(3,4)59(73)30-22-49-14-13-15-50(23-31-60-66(5,6)56-17-10-12-19-58(56)74(60)33-8-2)63(49)83-54-28-26-52(27-29-54)68-64(84)67-51-24-20-48(21-25-51)40-53-41-71(43-62(79)80)37-35-69(42-61(77)78)34-36-70(44-81-46-75)38-39-72(53)45-82-47-76/h9-12,16-31,46-47,53H,7-8,13-15,32-45H2,1-6H3,(H3-,67,68,77,78,79,80,84). The average molecular weight is 1160 g/mol. The second-order valence-corrected chi connectivity index (χ2v) is 23.4. The van der Waals surface area contributed by atoms with E-state index in [9.17, 15) is 29.4 Å². The van der Waals surface area contributed by atoms with Crippen LogP contribution in [0.2, 0.25) is 0 Å². The van der Waals surface area contributed by atoms with Crippen LogP contribution in [0.15, 0.2) is 144 Å². The molecule has 0 amide bonds. The number of aliphatic carboxylic acids is 2. The van der Waals surface area contributed by atoms with Crippen LogP contribution in [-0.2, 0) is 45.9 Å². The van der Waals surface area contributed by atoms with Crippen LogP contribution >= 0.6 is 12.2 Å². The highest BCUT2D eigenvalue weighted by Crippen LogP contribution is 2.48. The Balaban J connectivity index is 1.00. The fourth-order valence-electron chi connectivity index (χ4n) is 12.1. The van der Waals surface area contributed by atoms with Crippen LogP contribution in [0.1, 0.15) is 90.3 Å². The number of nitrogens with one attached hydrogen (secondary N) is 2. The molecule has 0 saturated carbocycles. The number of carbonyl (C=O) groups excluding carboxylic acids is 3. The molecule has 0 radical (unpaired) electrons. The Morgan fingerprint density at radius 1 is 0.738 bits per heavy atom. The van der Waals surface area contributed by atoms with E-state index < -0.39 is 11.9 Å². The first-order valence-corrected chi connectivity index (χ1v) is 29.8. The maximum Gasteiger partial charge on any atom is 0.317 e. The molecule has 446 valence electrons. The van der Waals surface area contributed by atoms with Crippen LogP contribution in [0.4, 0.5) is 22.7 Å². The van der Waals surface area contributed by atoms with Crippen molar-refractivity contribution in [2.45, 2.75) is 96.9 Å². The molecule has 1 saturated heterocycles. The molecule has 8 rings (SSSR count). The second-order valence-electron chi connectivity index (χ2n) is 23.0. The Hall–Kier alpha value is -7.48. The molecule has 3 aliphatic heterocycles. The number of carboxylic acid groups (broad SMARTS) is 2. The number of benzene rings is 4. The highest BCUT2D eigenvalue weighted by Gasteiger charge is 2.44. The number of thiocarbonyl (C=S) groups is 1. The Kier molecular flexibility index (Phi) is 21.9. The van der Waals surface area contributed by atoms with Crippen molar-refractivity contribution in [3.8, 4) is 5.75 Å². The number of hydrogen-bond donors (Lipinski definition) is 3. The number of ether oxygens (including phenoxy) is 3. The molecule has 0 aromatic heterocycles. The molecular weight excluding hydrogens is 1080 g/mol. The van der Waals surface area contributed by atoms with Crippen molar-refractivity contribution >= 4 is 70.7 Å². The van der Waals surface area contributed by atoms with Crippen molar-refractivity contribution in [3.63, 3.8) is 0 Å². The zero-order valence-electron chi connectivity index (χ0n) is 49.5. The van der Waals surface area contributed by atoms with E-state index in [4.69, 9.17) is 26.4 Å². The van der Waals surface area contributed by atoms with Crippen molar-refractivity contribution in [2.75, 3.05) is 101 Å². The van der Waals surface area contributed by atoms with Gasteiger partial charge in [0.15, 0.2) is 10.8 Å². The topological polar surface area (TPSA) is 183 Å². The normalized spacial score (nSPS) is 19.8. The Labute approximate surface area is 500 Å². The summed E-state index contributed by atoms with van der Waals surface area (Å²) in [7, 11) is 0. The maximum absolute atomic E-state index is 12.1. The van der Waals surface area contributed by atoms with E-state index in [0.29, 0.717) is 56.4 Å². The van der Waals surface area contributed by atoms with Crippen molar-refractivity contribution in [1.82, 2.24) is 19.6 Å². The van der Waals surface area contributed by atoms with Gasteiger partial charge in [-0.05, 0) is 135 Å². The van der Waals surface area contributed by atoms with Crippen molar-refractivity contribution < 1.29 is 48.2 Å². The minimum atomic E-state index is -1.25. The smallest absolute Gasteiger partial charge is 0.317 e. The molecule has 1 fully saturated rings. The van der Waals surface area contributed by atoms with E-state index in [0.717, 1.165) is 79.0 Å². The molecule has 4 aliphatic rings. The van der Waals surface area contributed by atoms with Gasteiger partial charge in [-0.3, -0.25) is 34.0 Å². The van der Waals surface area contributed by atoms with Gasteiger partial charge in [-0.2, -0.15) is 4.58 Å². The molecule has 4 aromatic rings. The number of fused-ring (bicyclic) bond motifs is 2. The van der Waals surface area contributed by atoms with E-state index in [1.807, 2.05) is 58.3 Å². The van der Waals surface area contributed by atoms with Gasteiger partial charge in [0.25, 0.3) is 12.9 Å². The predicted molar refractivity (Wildman–Crippen MR) is 332 cm³/mol. The molecule has 4 aromatic carbocycles. The number of nitrogens with zero attached hydrogens (tertiary/aromatic N) is 6. The number of hydrogen-bond acceptors (Lipinski definition) is 14. The molecular formula is C66H82N8O9S. The van der Waals surface area contributed by atoms with Gasteiger partial charge in [0.05, 0.1) is 17.9 Å². The van der Waals surface area contributed by atoms with Gasteiger partial charge in [0.1, 0.15) is 31.5 Å². The van der Waals surface area contributed by atoms with Crippen molar-refractivity contribution in [3.05, 3.63) is 161 Å². The summed E-state index contributed by atoms with van der Waals surface area (Å²) in [5.74, 6) is -0.699. The van der Waals surface area contributed by atoms with Crippen molar-refractivity contribution in [1.29, 1.82) is 0 Å². The zero-order valence-corrected chi connectivity index (χ0v) is 50.3. The number of anilines is 3. The summed E-state index contributed by atoms with van der Waals surface area (Å²) in [5.41, 5.74) is 12.2. The molecule has 0 bridgehead atoms. The lowest BCUT2D eigenvalue weighted by Crippen LogP contribution is -2.53. The largest absolute Gasteiger partial charge is 0.549 e. The lowest BCUT2D eigenvalue weighted by Gasteiger charge is -2.38. The maximum atomic E-state index is 12.1. The first kappa shape index (κ1) is 62.6. The van der Waals surface area contributed by atoms with Gasteiger partial charge in [0, 0.05) is 117 Å². The summed E-state index contributed by atoms with van der Waals surface area (Å²) in [5, 5.41) is 28.6. The highest BCUT2D eigenvalue weighted by atomic mass is 32.1. The highest BCUT2D eigenvalue weighted by molar-refractivity contribution is 7.80. The van der Waals surface area contributed by atoms with E-state index in [1.54, 1.807) is 9.80 Å². The fraction of sp³-hybridized carbons (Fsp3) is 0.424. The minimum Gasteiger partial charge on any atom is -0.549 e. The second kappa shape index (κ2) is 29.4. The Bertz CT molecular complexity index is 3130. The summed E-state index contributed by atoms with van der Waals surface area (Å²) in [4.78, 5) is 56.2. The lowest BCUT2D eigenvalue weighted by atomic mass is 9.81. The molecule has 1 aliphatic carbocycles. The summed E-state index contributed by atoms with van der Waals surface area (Å²) in [6.07, 6.45) is 14.5. The molecule has 84 heavy (non-hydrogen) atoms. The summed E-state index contributed by atoms with van der Waals surface area (Å²) in [6, 6.07) is 32.8. The van der Waals surface area contributed by atoms with Crippen molar-refractivity contribution in [2.24, 2.45) is 0 Å². The van der Waals surface area contributed by atoms with Gasteiger partial charge in [0.2, 0.25) is 5.69 Å². The van der Waals surface area contributed by atoms with E-state index >= 15 is 0 Å². The van der Waals surface area contributed by atoms with E-state index in [1.165, 1.54) is 33.9 Å². The van der Waals surface area contributed by atoms with Gasteiger partial charge >= 0.3 is 5.97 Å². The number of para-hydroxylation sites is 2. The number of carboxylic acids is 2. The van der Waals surface area contributed by atoms with Gasteiger partial charge in [-0.1, -0.05) is 82.3 Å². The Morgan fingerprint density at radius 3 is 2.06 bits per heavy atom. The van der Waals surface area contributed by atoms with Crippen LogP contribution < -0.4 is 25.4 Å².